The predicted molar refractivity (Wildman–Crippen MR) is 116 cm³/mol. The summed E-state index contributed by atoms with van der Waals surface area (Å²) in [5.74, 6) is 0.131. The highest BCUT2D eigenvalue weighted by molar-refractivity contribution is 14.1. The van der Waals surface area contributed by atoms with Crippen molar-refractivity contribution in [1.82, 2.24) is 0 Å². The van der Waals surface area contributed by atoms with Gasteiger partial charge in [-0.2, -0.15) is 0 Å². The van der Waals surface area contributed by atoms with E-state index in [2.05, 4.69) is 64.3 Å². The molecule has 0 spiro atoms. The molecule has 0 aromatic heterocycles. The maximum atomic E-state index is 13.3. The van der Waals surface area contributed by atoms with Crippen molar-refractivity contribution in [2.45, 2.75) is 10.1 Å². The van der Waals surface area contributed by atoms with Gasteiger partial charge in [0.25, 0.3) is 0 Å². The number of Topliss-reactive ketones (excluding diaryl/α,β-unsaturated/α-hetero) is 1. The molecule has 0 saturated heterocycles. The molecule has 0 saturated carbocycles. The number of para-hydroxylation sites is 1. The Hall–Kier alpha value is -2.05. The molecule has 1 heterocycles. The first-order chi connectivity index (χ1) is 12.7. The summed E-state index contributed by atoms with van der Waals surface area (Å²) in [4.78, 5) is 14.4. The standard InChI is InChI=1S/C22H14INOS/c23-14-11-9-13(10-12-14)22-19-20(15-5-1-2-6-16(15)21(19)25)24-17-7-3-4-8-18(17)26-22/h1-12,22,24H/t22-/m0/s1. The topological polar surface area (TPSA) is 29.1 Å². The minimum atomic E-state index is -0.0296. The van der Waals surface area contributed by atoms with E-state index in [9.17, 15) is 4.79 Å². The van der Waals surface area contributed by atoms with Gasteiger partial charge in [0.05, 0.1) is 16.6 Å². The average Bonchev–Trinajstić information content (AvgIpc) is 2.84. The molecule has 3 aromatic rings. The van der Waals surface area contributed by atoms with Gasteiger partial charge in [0.1, 0.15) is 0 Å². The number of hydrogen-bond acceptors (Lipinski definition) is 3. The minimum absolute atomic E-state index is 0.0296. The fraction of sp³-hybridized carbons (Fsp3) is 0.0455. The van der Waals surface area contributed by atoms with Crippen LogP contribution in [0.2, 0.25) is 0 Å². The third-order valence-corrected chi connectivity index (χ3v) is 6.85. The number of thioether (sulfide) groups is 1. The molecular weight excluding hydrogens is 453 g/mol. The van der Waals surface area contributed by atoms with Crippen molar-refractivity contribution in [2.24, 2.45) is 0 Å². The summed E-state index contributed by atoms with van der Waals surface area (Å²) in [7, 11) is 0. The number of nitrogens with one attached hydrogen (secondary N) is 1. The van der Waals surface area contributed by atoms with E-state index in [1.165, 1.54) is 3.57 Å². The second-order valence-corrected chi connectivity index (χ2v) is 8.73. The number of hydrogen-bond donors (Lipinski definition) is 1. The van der Waals surface area contributed by atoms with Crippen LogP contribution in [0.5, 0.6) is 0 Å². The van der Waals surface area contributed by atoms with Crippen LogP contribution in [0.15, 0.2) is 83.3 Å². The lowest BCUT2D eigenvalue weighted by Gasteiger charge is -2.17. The first-order valence-electron chi connectivity index (χ1n) is 8.39. The summed E-state index contributed by atoms with van der Waals surface area (Å²) < 4.78 is 1.19. The molecule has 1 aliphatic heterocycles. The van der Waals surface area contributed by atoms with Gasteiger partial charge in [-0.25, -0.2) is 0 Å². The van der Waals surface area contributed by atoms with Crippen LogP contribution in [-0.4, -0.2) is 5.78 Å². The summed E-state index contributed by atoms with van der Waals surface area (Å²) in [6, 6.07) is 24.6. The van der Waals surface area contributed by atoms with Crippen molar-refractivity contribution < 1.29 is 4.79 Å². The molecule has 1 atom stereocenters. The summed E-state index contributed by atoms with van der Waals surface area (Å²) in [5.41, 5.74) is 5.81. The largest absolute Gasteiger partial charge is 0.354 e. The first kappa shape index (κ1) is 16.1. The van der Waals surface area contributed by atoms with Gasteiger partial charge in [-0.3, -0.25) is 4.79 Å². The Morgan fingerprint density at radius 3 is 2.35 bits per heavy atom. The van der Waals surface area contributed by atoms with E-state index in [1.54, 1.807) is 11.8 Å². The Balaban J connectivity index is 1.74. The Kier molecular flexibility index (Phi) is 3.90. The second-order valence-electron chi connectivity index (χ2n) is 6.33. The van der Waals surface area contributed by atoms with Gasteiger partial charge in [-0.05, 0) is 52.4 Å². The van der Waals surface area contributed by atoms with Crippen LogP contribution in [-0.2, 0) is 0 Å². The molecule has 4 heteroatoms. The molecule has 0 fully saturated rings. The molecule has 5 rings (SSSR count). The van der Waals surface area contributed by atoms with E-state index in [0.717, 1.165) is 38.5 Å². The monoisotopic (exact) mass is 467 g/mol. The van der Waals surface area contributed by atoms with Crippen molar-refractivity contribution in [3.63, 3.8) is 0 Å². The van der Waals surface area contributed by atoms with Gasteiger partial charge in [-0.1, -0.05) is 48.5 Å². The second kappa shape index (κ2) is 6.28. The summed E-state index contributed by atoms with van der Waals surface area (Å²) in [5, 5.41) is 3.53. The van der Waals surface area contributed by atoms with Crippen LogP contribution in [0.1, 0.15) is 26.7 Å². The molecular formula is C22H14INOS. The first-order valence-corrected chi connectivity index (χ1v) is 10.3. The lowest BCUT2D eigenvalue weighted by Crippen LogP contribution is -2.07. The van der Waals surface area contributed by atoms with Crippen molar-refractivity contribution in [3.8, 4) is 0 Å². The molecule has 1 N–H and O–H groups in total. The Morgan fingerprint density at radius 2 is 1.54 bits per heavy atom. The molecule has 2 nitrogen and oxygen atoms in total. The van der Waals surface area contributed by atoms with E-state index in [-0.39, 0.29) is 11.0 Å². The number of carbonyl (C=O) groups excluding carboxylic acids is 1. The molecule has 1 aliphatic carbocycles. The number of anilines is 1. The highest BCUT2D eigenvalue weighted by Crippen LogP contribution is 2.52. The van der Waals surface area contributed by atoms with Crippen LogP contribution in [0.4, 0.5) is 5.69 Å². The predicted octanol–water partition coefficient (Wildman–Crippen LogP) is 6.16. The molecule has 0 amide bonds. The number of fused-ring (bicyclic) bond motifs is 3. The fourth-order valence-electron chi connectivity index (χ4n) is 3.55. The zero-order chi connectivity index (χ0) is 17.7. The number of rotatable bonds is 1. The lowest BCUT2D eigenvalue weighted by atomic mass is 10.0. The lowest BCUT2D eigenvalue weighted by molar-refractivity contribution is 0.103. The molecule has 26 heavy (non-hydrogen) atoms. The molecule has 0 bridgehead atoms. The Labute approximate surface area is 169 Å². The molecule has 126 valence electrons. The fourth-order valence-corrected chi connectivity index (χ4v) is 5.21. The third-order valence-electron chi connectivity index (χ3n) is 4.78. The van der Waals surface area contributed by atoms with Crippen molar-refractivity contribution in [2.75, 3.05) is 5.32 Å². The van der Waals surface area contributed by atoms with Gasteiger partial charge in [0.2, 0.25) is 0 Å². The van der Waals surface area contributed by atoms with E-state index < -0.39 is 0 Å². The van der Waals surface area contributed by atoms with E-state index >= 15 is 0 Å². The minimum Gasteiger partial charge on any atom is -0.354 e. The van der Waals surface area contributed by atoms with Crippen molar-refractivity contribution >= 4 is 51.5 Å². The van der Waals surface area contributed by atoms with Gasteiger partial charge in [0, 0.05) is 25.2 Å². The van der Waals surface area contributed by atoms with Crippen LogP contribution >= 0.6 is 34.4 Å². The number of benzene rings is 3. The number of ketones is 1. The number of carbonyl (C=O) groups is 1. The van der Waals surface area contributed by atoms with E-state index in [1.807, 2.05) is 36.4 Å². The van der Waals surface area contributed by atoms with E-state index in [4.69, 9.17) is 0 Å². The maximum Gasteiger partial charge on any atom is 0.193 e. The zero-order valence-corrected chi connectivity index (χ0v) is 16.7. The SMILES string of the molecule is O=C1C2=C(Nc3ccccc3S[C@H]2c2ccc(I)cc2)c2ccccc21. The zero-order valence-electron chi connectivity index (χ0n) is 13.7. The summed E-state index contributed by atoms with van der Waals surface area (Å²) in [6.07, 6.45) is 0. The van der Waals surface area contributed by atoms with E-state index in [0.29, 0.717) is 0 Å². The van der Waals surface area contributed by atoms with Crippen LogP contribution in [0.3, 0.4) is 0 Å². The Bertz CT molecular complexity index is 1070. The highest BCUT2D eigenvalue weighted by atomic mass is 127. The van der Waals surface area contributed by atoms with Gasteiger partial charge < -0.3 is 5.32 Å². The van der Waals surface area contributed by atoms with Crippen LogP contribution < -0.4 is 5.32 Å². The highest BCUT2D eigenvalue weighted by Gasteiger charge is 2.37. The van der Waals surface area contributed by atoms with Crippen LogP contribution in [0, 0.1) is 3.57 Å². The van der Waals surface area contributed by atoms with Crippen molar-refractivity contribution in [3.05, 3.63) is 98.6 Å². The molecule has 0 unspecified atom stereocenters. The third kappa shape index (κ3) is 2.51. The molecule has 3 aromatic carbocycles. The Morgan fingerprint density at radius 1 is 0.846 bits per heavy atom. The molecule has 2 aliphatic rings. The maximum absolute atomic E-state index is 13.3. The number of halogens is 1. The normalized spacial score (nSPS) is 17.9. The van der Waals surface area contributed by atoms with Gasteiger partial charge in [0.15, 0.2) is 5.78 Å². The summed E-state index contributed by atoms with van der Waals surface area (Å²) >= 11 is 4.06. The van der Waals surface area contributed by atoms with Gasteiger partial charge >= 0.3 is 0 Å². The van der Waals surface area contributed by atoms with Gasteiger partial charge in [-0.15, -0.1) is 11.8 Å². The molecule has 0 radical (unpaired) electrons. The van der Waals surface area contributed by atoms with Crippen molar-refractivity contribution in [1.29, 1.82) is 0 Å². The van der Waals surface area contributed by atoms with Crippen LogP contribution in [0.25, 0.3) is 5.70 Å². The quantitative estimate of drug-likeness (QED) is 0.435. The smallest absolute Gasteiger partial charge is 0.193 e. The average molecular weight is 467 g/mol. The summed E-state index contributed by atoms with van der Waals surface area (Å²) in [6.45, 7) is 0.